The number of H-pyrrole nitrogens is 1. The van der Waals surface area contributed by atoms with Gasteiger partial charge in [0.1, 0.15) is 17.5 Å². The van der Waals surface area contributed by atoms with Crippen molar-refractivity contribution in [3.63, 3.8) is 0 Å². The lowest BCUT2D eigenvalue weighted by Crippen LogP contribution is -2.15. The molecule has 2 rings (SSSR count). The second-order valence-corrected chi connectivity index (χ2v) is 3.96. The standard InChI is InChI=1S/C12H11F2N3O/c1-6-3-8(10(14)4-9(6)13)12(18)16-11-7(2)5-15-17-11/h3-5H,1-2H3,(H2,15,16,17,18). The molecular weight excluding hydrogens is 240 g/mol. The number of hydrogen-bond donors (Lipinski definition) is 2. The van der Waals surface area contributed by atoms with Gasteiger partial charge in [-0.3, -0.25) is 9.89 Å². The van der Waals surface area contributed by atoms with Crippen molar-refractivity contribution < 1.29 is 13.6 Å². The number of benzene rings is 1. The van der Waals surface area contributed by atoms with Crippen molar-refractivity contribution >= 4 is 11.7 Å². The van der Waals surface area contributed by atoms with E-state index in [9.17, 15) is 13.6 Å². The average Bonchev–Trinajstić information content (AvgIpc) is 2.69. The van der Waals surface area contributed by atoms with E-state index < -0.39 is 17.5 Å². The van der Waals surface area contributed by atoms with Crippen LogP contribution in [0.3, 0.4) is 0 Å². The Hall–Kier alpha value is -2.24. The summed E-state index contributed by atoms with van der Waals surface area (Å²) in [7, 11) is 0. The lowest BCUT2D eigenvalue weighted by molar-refractivity contribution is 0.102. The fourth-order valence-corrected chi connectivity index (χ4v) is 1.49. The summed E-state index contributed by atoms with van der Waals surface area (Å²) in [6.45, 7) is 3.21. The number of amides is 1. The van der Waals surface area contributed by atoms with E-state index >= 15 is 0 Å². The summed E-state index contributed by atoms with van der Waals surface area (Å²) >= 11 is 0. The average molecular weight is 251 g/mol. The summed E-state index contributed by atoms with van der Waals surface area (Å²) in [6, 6.07) is 1.87. The van der Waals surface area contributed by atoms with E-state index in [1.165, 1.54) is 19.2 Å². The zero-order valence-electron chi connectivity index (χ0n) is 9.84. The van der Waals surface area contributed by atoms with Crippen LogP contribution in [0.4, 0.5) is 14.6 Å². The van der Waals surface area contributed by atoms with Crippen LogP contribution in [0.5, 0.6) is 0 Å². The molecule has 0 aliphatic heterocycles. The SMILES string of the molecule is Cc1cc(C(=O)Nc2[nH]ncc2C)c(F)cc1F. The minimum Gasteiger partial charge on any atom is -0.307 e. The molecular formula is C12H11F2N3O. The van der Waals surface area contributed by atoms with E-state index in [-0.39, 0.29) is 11.1 Å². The highest BCUT2D eigenvalue weighted by Gasteiger charge is 2.15. The van der Waals surface area contributed by atoms with E-state index in [4.69, 9.17) is 0 Å². The van der Waals surface area contributed by atoms with Gasteiger partial charge in [-0.05, 0) is 25.5 Å². The number of nitrogens with zero attached hydrogens (tertiary/aromatic N) is 1. The zero-order valence-corrected chi connectivity index (χ0v) is 9.84. The first-order valence-electron chi connectivity index (χ1n) is 5.26. The molecule has 2 aromatic rings. The first kappa shape index (κ1) is 12.2. The van der Waals surface area contributed by atoms with E-state index in [1.54, 1.807) is 6.92 Å². The molecule has 0 unspecified atom stereocenters. The van der Waals surface area contributed by atoms with Gasteiger partial charge in [0.2, 0.25) is 0 Å². The minimum atomic E-state index is -0.896. The number of aromatic nitrogens is 2. The molecule has 4 nitrogen and oxygen atoms in total. The summed E-state index contributed by atoms with van der Waals surface area (Å²) in [4.78, 5) is 11.8. The molecule has 94 valence electrons. The third-order valence-corrected chi connectivity index (χ3v) is 2.56. The van der Waals surface area contributed by atoms with E-state index in [0.29, 0.717) is 11.9 Å². The Labute approximate surface area is 102 Å². The van der Waals surface area contributed by atoms with Crippen LogP contribution in [0.25, 0.3) is 0 Å². The molecule has 0 bridgehead atoms. The molecule has 0 spiro atoms. The fourth-order valence-electron chi connectivity index (χ4n) is 1.49. The molecule has 6 heteroatoms. The molecule has 18 heavy (non-hydrogen) atoms. The topological polar surface area (TPSA) is 57.8 Å². The first-order chi connectivity index (χ1) is 8.49. The quantitative estimate of drug-likeness (QED) is 0.861. The van der Waals surface area contributed by atoms with Gasteiger partial charge < -0.3 is 5.32 Å². The van der Waals surface area contributed by atoms with Gasteiger partial charge in [-0.15, -0.1) is 0 Å². The Kier molecular flexibility index (Phi) is 3.10. The Morgan fingerprint density at radius 2 is 1.94 bits per heavy atom. The molecule has 0 fully saturated rings. The van der Waals surface area contributed by atoms with Crippen molar-refractivity contribution in [3.05, 3.63) is 46.7 Å². The predicted molar refractivity (Wildman–Crippen MR) is 62.4 cm³/mol. The number of nitrogens with one attached hydrogen (secondary N) is 2. The van der Waals surface area contributed by atoms with Gasteiger partial charge in [-0.2, -0.15) is 5.10 Å². The van der Waals surface area contributed by atoms with Crippen LogP contribution in [-0.2, 0) is 0 Å². The largest absolute Gasteiger partial charge is 0.307 e. The lowest BCUT2D eigenvalue weighted by atomic mass is 10.1. The van der Waals surface area contributed by atoms with Crippen molar-refractivity contribution in [3.8, 4) is 0 Å². The van der Waals surface area contributed by atoms with E-state index in [1.807, 2.05) is 0 Å². The summed E-state index contributed by atoms with van der Waals surface area (Å²) in [5.41, 5.74) is 0.730. The van der Waals surface area contributed by atoms with Crippen LogP contribution in [-0.4, -0.2) is 16.1 Å². The smallest absolute Gasteiger partial charge is 0.259 e. The number of anilines is 1. The molecule has 1 aromatic carbocycles. The normalized spacial score (nSPS) is 10.4. The van der Waals surface area contributed by atoms with Crippen LogP contribution in [0.2, 0.25) is 0 Å². The molecule has 1 heterocycles. The van der Waals surface area contributed by atoms with Crippen LogP contribution in [0.1, 0.15) is 21.5 Å². The summed E-state index contributed by atoms with van der Waals surface area (Å²) in [5.74, 6) is -1.83. The lowest BCUT2D eigenvalue weighted by Gasteiger charge is -2.06. The summed E-state index contributed by atoms with van der Waals surface area (Å²) in [6.07, 6.45) is 1.53. The molecule has 0 saturated carbocycles. The maximum atomic E-state index is 13.5. The highest BCUT2D eigenvalue weighted by atomic mass is 19.1. The second kappa shape index (κ2) is 4.56. The van der Waals surface area contributed by atoms with Gasteiger partial charge in [0.15, 0.2) is 0 Å². The van der Waals surface area contributed by atoms with Gasteiger partial charge in [-0.1, -0.05) is 0 Å². The molecule has 0 radical (unpaired) electrons. The minimum absolute atomic E-state index is 0.206. The van der Waals surface area contributed by atoms with E-state index in [0.717, 1.165) is 5.56 Å². The van der Waals surface area contributed by atoms with Crippen molar-refractivity contribution in [2.45, 2.75) is 13.8 Å². The zero-order chi connectivity index (χ0) is 13.3. The van der Waals surface area contributed by atoms with Crippen LogP contribution in [0, 0.1) is 25.5 Å². The fraction of sp³-hybridized carbons (Fsp3) is 0.167. The van der Waals surface area contributed by atoms with E-state index in [2.05, 4.69) is 15.5 Å². The van der Waals surface area contributed by atoms with Crippen LogP contribution >= 0.6 is 0 Å². The van der Waals surface area contributed by atoms with Gasteiger partial charge in [0.25, 0.3) is 5.91 Å². The number of hydrogen-bond acceptors (Lipinski definition) is 2. The maximum absolute atomic E-state index is 13.5. The molecule has 0 atom stereocenters. The Bertz CT molecular complexity index is 607. The van der Waals surface area contributed by atoms with Crippen LogP contribution in [0.15, 0.2) is 18.3 Å². The maximum Gasteiger partial charge on any atom is 0.259 e. The Morgan fingerprint density at radius 1 is 1.22 bits per heavy atom. The first-order valence-corrected chi connectivity index (χ1v) is 5.26. The highest BCUT2D eigenvalue weighted by Crippen LogP contribution is 2.16. The number of carbonyl (C=O) groups excluding carboxylic acids is 1. The van der Waals surface area contributed by atoms with Crippen molar-refractivity contribution in [2.75, 3.05) is 5.32 Å². The third-order valence-electron chi connectivity index (χ3n) is 2.56. The van der Waals surface area contributed by atoms with Crippen LogP contribution < -0.4 is 5.32 Å². The van der Waals surface area contributed by atoms with Gasteiger partial charge in [0, 0.05) is 11.6 Å². The summed E-state index contributed by atoms with van der Waals surface area (Å²) < 4.78 is 26.6. The third kappa shape index (κ3) is 2.22. The molecule has 0 saturated heterocycles. The monoisotopic (exact) mass is 251 g/mol. The predicted octanol–water partition coefficient (Wildman–Crippen LogP) is 2.56. The van der Waals surface area contributed by atoms with Gasteiger partial charge in [0.05, 0.1) is 11.8 Å². The molecule has 0 aliphatic rings. The van der Waals surface area contributed by atoms with Gasteiger partial charge >= 0.3 is 0 Å². The highest BCUT2D eigenvalue weighted by molar-refractivity contribution is 6.04. The Balaban J connectivity index is 2.30. The number of halogens is 2. The number of rotatable bonds is 2. The van der Waals surface area contributed by atoms with Crippen molar-refractivity contribution in [1.82, 2.24) is 10.2 Å². The molecule has 1 amide bonds. The summed E-state index contributed by atoms with van der Waals surface area (Å²) in [5, 5.41) is 8.78. The molecule has 2 N–H and O–H groups in total. The number of aromatic amines is 1. The number of aryl methyl sites for hydroxylation is 2. The molecule has 0 aliphatic carbocycles. The van der Waals surface area contributed by atoms with Gasteiger partial charge in [-0.25, -0.2) is 8.78 Å². The number of carbonyl (C=O) groups is 1. The molecule has 1 aromatic heterocycles. The second-order valence-electron chi connectivity index (χ2n) is 3.96. The van der Waals surface area contributed by atoms with Crippen molar-refractivity contribution in [2.24, 2.45) is 0 Å². The Morgan fingerprint density at radius 3 is 2.56 bits per heavy atom. The van der Waals surface area contributed by atoms with Crippen molar-refractivity contribution in [1.29, 1.82) is 0 Å².